The standard InChI is InChI=1S/C46H28N4O2/c1-2-11-29(12-3-1)30-13-8-14-31(25-30)32-15-9-16-33(26-32)43-48-44(34-17-10-18-36(27-34)46-47-39-20-5-7-22-42(39)52-46)50-45(49-43)35-23-24-41-38(28-35)37-19-4-6-21-40(37)51-41/h1-28H. The quantitative estimate of drug-likeness (QED) is 0.175. The summed E-state index contributed by atoms with van der Waals surface area (Å²) >= 11 is 0. The summed E-state index contributed by atoms with van der Waals surface area (Å²) in [4.78, 5) is 20.0. The van der Waals surface area contributed by atoms with Crippen molar-refractivity contribution in [3.63, 3.8) is 0 Å². The lowest BCUT2D eigenvalue weighted by Crippen LogP contribution is -2.00. The Balaban J connectivity index is 1.11. The first-order chi connectivity index (χ1) is 25.7. The van der Waals surface area contributed by atoms with Crippen molar-refractivity contribution in [1.29, 1.82) is 0 Å². The highest BCUT2D eigenvalue weighted by Crippen LogP contribution is 2.35. The van der Waals surface area contributed by atoms with Gasteiger partial charge < -0.3 is 8.83 Å². The van der Waals surface area contributed by atoms with E-state index >= 15 is 0 Å². The van der Waals surface area contributed by atoms with Gasteiger partial charge in [-0.2, -0.15) is 0 Å². The maximum Gasteiger partial charge on any atom is 0.227 e. The van der Waals surface area contributed by atoms with Crippen molar-refractivity contribution in [2.75, 3.05) is 0 Å². The van der Waals surface area contributed by atoms with Gasteiger partial charge in [-0.05, 0) is 82.9 Å². The van der Waals surface area contributed by atoms with Crippen LogP contribution in [-0.2, 0) is 0 Å². The van der Waals surface area contributed by atoms with E-state index < -0.39 is 0 Å². The molecule has 10 rings (SSSR count). The average molecular weight is 669 g/mol. The highest BCUT2D eigenvalue weighted by Gasteiger charge is 2.17. The van der Waals surface area contributed by atoms with Gasteiger partial charge in [-0.1, -0.05) is 109 Å². The first-order valence-electron chi connectivity index (χ1n) is 17.1. The van der Waals surface area contributed by atoms with Gasteiger partial charge in [0.2, 0.25) is 5.89 Å². The Bertz CT molecular complexity index is 2890. The summed E-state index contributed by atoms with van der Waals surface area (Å²) < 4.78 is 12.2. The minimum Gasteiger partial charge on any atom is -0.456 e. The Hall–Kier alpha value is -7.18. The summed E-state index contributed by atoms with van der Waals surface area (Å²) in [5.74, 6) is 2.23. The smallest absolute Gasteiger partial charge is 0.227 e. The van der Waals surface area contributed by atoms with Crippen LogP contribution in [0.25, 0.3) is 101 Å². The van der Waals surface area contributed by atoms with E-state index in [-0.39, 0.29) is 0 Å². The summed E-state index contributed by atoms with van der Waals surface area (Å²) in [5.41, 5.74) is 11.1. The lowest BCUT2D eigenvalue weighted by atomic mass is 9.98. The zero-order valence-corrected chi connectivity index (χ0v) is 27.8. The molecule has 52 heavy (non-hydrogen) atoms. The molecule has 7 aromatic carbocycles. The molecule has 3 heterocycles. The van der Waals surface area contributed by atoms with Crippen molar-refractivity contribution in [3.05, 3.63) is 170 Å². The van der Waals surface area contributed by atoms with Crippen molar-refractivity contribution < 1.29 is 8.83 Å². The molecule has 3 aromatic heterocycles. The number of oxazole rings is 1. The second-order valence-corrected chi connectivity index (χ2v) is 12.7. The summed E-state index contributed by atoms with van der Waals surface area (Å²) in [6, 6.07) is 57.3. The molecule has 0 spiro atoms. The van der Waals surface area contributed by atoms with E-state index in [2.05, 4.69) is 84.9 Å². The van der Waals surface area contributed by atoms with Gasteiger partial charge in [-0.25, -0.2) is 19.9 Å². The lowest BCUT2D eigenvalue weighted by Gasteiger charge is -2.11. The fourth-order valence-electron chi connectivity index (χ4n) is 6.76. The largest absolute Gasteiger partial charge is 0.456 e. The second-order valence-electron chi connectivity index (χ2n) is 12.7. The average Bonchev–Trinajstić information content (AvgIpc) is 3.83. The number of aromatic nitrogens is 4. The van der Waals surface area contributed by atoms with Crippen molar-refractivity contribution in [2.24, 2.45) is 0 Å². The van der Waals surface area contributed by atoms with E-state index in [1.165, 1.54) is 5.56 Å². The third-order valence-electron chi connectivity index (χ3n) is 9.36. The van der Waals surface area contributed by atoms with Crippen molar-refractivity contribution in [3.8, 4) is 67.9 Å². The Morgan fingerprint density at radius 2 is 0.788 bits per heavy atom. The molecule has 0 amide bonds. The fraction of sp³-hybridized carbons (Fsp3) is 0. The van der Waals surface area contributed by atoms with E-state index in [1.807, 2.05) is 84.9 Å². The van der Waals surface area contributed by atoms with Crippen LogP contribution < -0.4 is 0 Å². The SMILES string of the molecule is c1ccc(-c2cccc(-c3cccc(-c4nc(-c5cccc(-c6nc7ccccc7o6)c5)nc(-c5ccc6oc7ccccc7c6c5)n4)c3)c2)cc1. The van der Waals surface area contributed by atoms with Crippen LogP contribution in [-0.4, -0.2) is 19.9 Å². The molecule has 6 heteroatoms. The number of nitrogens with zero attached hydrogens (tertiary/aromatic N) is 4. The molecule has 0 unspecified atom stereocenters. The first-order valence-corrected chi connectivity index (χ1v) is 17.1. The van der Waals surface area contributed by atoms with Gasteiger partial charge in [0.1, 0.15) is 16.7 Å². The molecule has 0 aliphatic rings. The Labute approximate surface area is 298 Å². The van der Waals surface area contributed by atoms with Crippen LogP contribution >= 0.6 is 0 Å². The maximum atomic E-state index is 6.13. The summed E-state index contributed by atoms with van der Waals surface area (Å²) in [6.45, 7) is 0. The van der Waals surface area contributed by atoms with E-state index in [0.29, 0.717) is 23.4 Å². The maximum absolute atomic E-state index is 6.13. The number of fused-ring (bicyclic) bond motifs is 4. The lowest BCUT2D eigenvalue weighted by molar-refractivity contribution is 0.620. The predicted octanol–water partition coefficient (Wildman–Crippen LogP) is 11.9. The minimum absolute atomic E-state index is 0.542. The summed E-state index contributed by atoms with van der Waals surface area (Å²) in [5, 5.41) is 2.06. The normalized spacial score (nSPS) is 11.5. The molecule has 244 valence electrons. The van der Waals surface area contributed by atoms with E-state index in [4.69, 9.17) is 28.8 Å². The molecular weight excluding hydrogens is 641 g/mol. The third kappa shape index (κ3) is 5.39. The van der Waals surface area contributed by atoms with Crippen molar-refractivity contribution >= 4 is 33.0 Å². The molecule has 0 atom stereocenters. The number of hydrogen-bond acceptors (Lipinski definition) is 6. The number of para-hydroxylation sites is 3. The molecule has 0 aliphatic heterocycles. The molecule has 0 bridgehead atoms. The van der Waals surface area contributed by atoms with Gasteiger partial charge in [0.25, 0.3) is 0 Å². The van der Waals surface area contributed by atoms with Crippen LogP contribution in [0, 0.1) is 0 Å². The summed E-state index contributed by atoms with van der Waals surface area (Å²) in [6.07, 6.45) is 0. The van der Waals surface area contributed by atoms with Gasteiger partial charge in [0, 0.05) is 33.0 Å². The highest BCUT2D eigenvalue weighted by atomic mass is 16.3. The van der Waals surface area contributed by atoms with E-state index in [1.54, 1.807) is 0 Å². The van der Waals surface area contributed by atoms with Gasteiger partial charge >= 0.3 is 0 Å². The van der Waals surface area contributed by atoms with Gasteiger partial charge in [0.15, 0.2) is 23.1 Å². The molecule has 10 aromatic rings. The van der Waals surface area contributed by atoms with Crippen LogP contribution in [0.1, 0.15) is 0 Å². The zero-order valence-electron chi connectivity index (χ0n) is 27.8. The number of rotatable bonds is 6. The Morgan fingerprint density at radius 1 is 0.288 bits per heavy atom. The molecule has 6 nitrogen and oxygen atoms in total. The Kier molecular flexibility index (Phi) is 7.03. The Morgan fingerprint density at radius 3 is 1.50 bits per heavy atom. The van der Waals surface area contributed by atoms with E-state index in [9.17, 15) is 0 Å². The van der Waals surface area contributed by atoms with Crippen molar-refractivity contribution in [1.82, 2.24) is 19.9 Å². The molecular formula is C46H28N4O2. The van der Waals surface area contributed by atoms with E-state index in [0.717, 1.165) is 72.0 Å². The van der Waals surface area contributed by atoms with Gasteiger partial charge in [-0.3, -0.25) is 0 Å². The molecule has 0 aliphatic carbocycles. The van der Waals surface area contributed by atoms with Crippen LogP contribution in [0.4, 0.5) is 0 Å². The summed E-state index contributed by atoms with van der Waals surface area (Å²) in [7, 11) is 0. The predicted molar refractivity (Wildman–Crippen MR) is 207 cm³/mol. The first kappa shape index (κ1) is 29.7. The number of benzene rings is 7. The molecule has 0 fully saturated rings. The van der Waals surface area contributed by atoms with Crippen LogP contribution in [0.5, 0.6) is 0 Å². The second kappa shape index (κ2) is 12.3. The molecule has 0 N–H and O–H groups in total. The molecule has 0 saturated heterocycles. The number of hydrogen-bond donors (Lipinski definition) is 0. The van der Waals surface area contributed by atoms with Gasteiger partial charge in [0.05, 0.1) is 0 Å². The highest BCUT2D eigenvalue weighted by molar-refractivity contribution is 6.06. The van der Waals surface area contributed by atoms with Gasteiger partial charge in [-0.15, -0.1) is 0 Å². The zero-order chi connectivity index (χ0) is 34.4. The molecule has 0 radical (unpaired) electrons. The van der Waals surface area contributed by atoms with Crippen LogP contribution in [0.3, 0.4) is 0 Å². The van der Waals surface area contributed by atoms with Crippen LogP contribution in [0.2, 0.25) is 0 Å². The topological polar surface area (TPSA) is 77.8 Å². The third-order valence-corrected chi connectivity index (χ3v) is 9.36. The monoisotopic (exact) mass is 668 g/mol. The minimum atomic E-state index is 0.542. The fourth-order valence-corrected chi connectivity index (χ4v) is 6.76. The van der Waals surface area contributed by atoms with Crippen LogP contribution in [0.15, 0.2) is 179 Å². The number of furan rings is 1. The molecule has 0 saturated carbocycles. The van der Waals surface area contributed by atoms with Crippen molar-refractivity contribution in [2.45, 2.75) is 0 Å².